The van der Waals surface area contributed by atoms with E-state index in [0.29, 0.717) is 12.2 Å². The average Bonchev–Trinajstić information content (AvgIpc) is 2.20. The molecule has 0 rings (SSSR count). The van der Waals surface area contributed by atoms with Crippen LogP contribution < -0.4 is 0 Å². The van der Waals surface area contributed by atoms with E-state index in [-0.39, 0.29) is 0 Å². The van der Waals surface area contributed by atoms with Crippen LogP contribution in [0.25, 0.3) is 0 Å². The van der Waals surface area contributed by atoms with E-state index in [4.69, 9.17) is 10.2 Å². The van der Waals surface area contributed by atoms with Crippen molar-refractivity contribution in [3.8, 4) is 0 Å². The van der Waals surface area contributed by atoms with E-state index in [2.05, 4.69) is 0 Å². The fourth-order valence-electron chi connectivity index (χ4n) is 1.03. The van der Waals surface area contributed by atoms with Gasteiger partial charge < -0.3 is 10.2 Å². The first-order valence-corrected chi connectivity index (χ1v) is 5.05. The molecular formula is C10H10F6O4. The normalized spacial score (nSPS) is 16.2. The van der Waals surface area contributed by atoms with Crippen molar-refractivity contribution < 1.29 is 46.1 Å². The topological polar surface area (TPSA) is 74.6 Å². The first-order chi connectivity index (χ1) is 8.82. The summed E-state index contributed by atoms with van der Waals surface area (Å²) in [5, 5.41) is 17.9. The second-order valence-corrected chi connectivity index (χ2v) is 3.79. The number of ketones is 2. The average molecular weight is 308 g/mol. The molecule has 2 unspecified atom stereocenters. The van der Waals surface area contributed by atoms with Crippen LogP contribution in [0.5, 0.6) is 0 Å². The van der Waals surface area contributed by atoms with Gasteiger partial charge in [-0.2, -0.15) is 26.3 Å². The summed E-state index contributed by atoms with van der Waals surface area (Å²) in [6.07, 6.45) is -17.5. The zero-order valence-electron chi connectivity index (χ0n) is 9.70. The summed E-state index contributed by atoms with van der Waals surface area (Å²) < 4.78 is 70.8. The second kappa shape index (κ2) is 6.84. The number of aliphatic hydroxyl groups is 2. The molecule has 0 radical (unpaired) electrons. The van der Waals surface area contributed by atoms with Gasteiger partial charge in [-0.25, -0.2) is 0 Å². The predicted molar refractivity (Wildman–Crippen MR) is 52.5 cm³/mol. The Labute approximate surface area is 108 Å². The Morgan fingerprint density at radius 2 is 1.05 bits per heavy atom. The van der Waals surface area contributed by atoms with Crippen molar-refractivity contribution in [3.05, 3.63) is 12.2 Å². The molecule has 2 N–H and O–H groups in total. The summed E-state index contributed by atoms with van der Waals surface area (Å²) >= 11 is 0. The Hall–Kier alpha value is -1.42. The van der Waals surface area contributed by atoms with Gasteiger partial charge in [0.25, 0.3) is 0 Å². The van der Waals surface area contributed by atoms with Gasteiger partial charge in [0.05, 0.1) is 0 Å². The molecule has 0 aliphatic heterocycles. The molecule has 4 nitrogen and oxygen atoms in total. The van der Waals surface area contributed by atoms with Gasteiger partial charge in [-0.05, 0) is 12.2 Å². The van der Waals surface area contributed by atoms with Crippen LogP contribution in [0.3, 0.4) is 0 Å². The number of Topliss-reactive ketones (excluding diaryl/α,β-unsaturated/α-hetero) is 2. The smallest absolute Gasteiger partial charge is 0.381 e. The molecular weight excluding hydrogens is 298 g/mol. The van der Waals surface area contributed by atoms with Crippen LogP contribution >= 0.6 is 0 Å². The first kappa shape index (κ1) is 18.6. The Balaban J connectivity index is 4.48. The molecule has 10 heteroatoms. The molecule has 0 heterocycles. The lowest BCUT2D eigenvalue weighted by Gasteiger charge is -2.10. The molecule has 116 valence electrons. The van der Waals surface area contributed by atoms with Crippen LogP contribution in [0.2, 0.25) is 0 Å². The standard InChI is InChI=1S/C10H10F6O4/c11-9(12,13)3-7(19)5(17)1-2-6(18)8(20)4-10(14,15)16/h1-2,5-6,17-18H,3-4H2/b2-1+. The Kier molecular flexibility index (Phi) is 6.35. The first-order valence-electron chi connectivity index (χ1n) is 5.05. The van der Waals surface area contributed by atoms with Gasteiger partial charge >= 0.3 is 12.4 Å². The fraction of sp³-hybridized carbons (Fsp3) is 0.600. The number of hydrogen-bond acceptors (Lipinski definition) is 4. The maximum absolute atomic E-state index is 11.8. The van der Waals surface area contributed by atoms with Gasteiger partial charge in [-0.15, -0.1) is 0 Å². The number of aliphatic hydroxyl groups excluding tert-OH is 2. The Bertz CT molecular complexity index is 348. The quantitative estimate of drug-likeness (QED) is 0.573. The summed E-state index contributed by atoms with van der Waals surface area (Å²) in [7, 11) is 0. The maximum Gasteiger partial charge on any atom is 0.396 e. The summed E-state index contributed by atoms with van der Waals surface area (Å²) in [4.78, 5) is 21.6. The number of halogens is 6. The van der Waals surface area contributed by atoms with Gasteiger partial charge in [-0.3, -0.25) is 9.59 Å². The van der Waals surface area contributed by atoms with E-state index in [1.165, 1.54) is 0 Å². The predicted octanol–water partition coefficient (Wildman–Crippen LogP) is 1.31. The molecule has 2 atom stereocenters. The molecule has 0 aromatic rings. The van der Waals surface area contributed by atoms with Gasteiger partial charge in [0.15, 0.2) is 11.6 Å². The Morgan fingerprint density at radius 1 is 0.800 bits per heavy atom. The second-order valence-electron chi connectivity index (χ2n) is 3.79. The van der Waals surface area contributed by atoms with Crippen LogP contribution in [0.1, 0.15) is 12.8 Å². The van der Waals surface area contributed by atoms with E-state index in [0.717, 1.165) is 0 Å². The van der Waals surface area contributed by atoms with Gasteiger partial charge in [0.2, 0.25) is 0 Å². The van der Waals surface area contributed by atoms with Gasteiger partial charge in [-0.1, -0.05) is 0 Å². The van der Waals surface area contributed by atoms with Crippen molar-refractivity contribution in [2.24, 2.45) is 0 Å². The van der Waals surface area contributed by atoms with Crippen LogP contribution in [-0.2, 0) is 9.59 Å². The molecule has 20 heavy (non-hydrogen) atoms. The molecule has 0 spiro atoms. The van der Waals surface area contributed by atoms with Crippen molar-refractivity contribution in [3.63, 3.8) is 0 Å². The monoisotopic (exact) mass is 308 g/mol. The van der Waals surface area contributed by atoms with E-state index in [1.807, 2.05) is 0 Å². The maximum atomic E-state index is 11.8. The highest BCUT2D eigenvalue weighted by atomic mass is 19.4. The minimum absolute atomic E-state index is 0.326. The third kappa shape index (κ3) is 8.64. The fourth-order valence-corrected chi connectivity index (χ4v) is 1.03. The van der Waals surface area contributed by atoms with Crippen molar-refractivity contribution in [2.45, 2.75) is 37.4 Å². The third-order valence-electron chi connectivity index (χ3n) is 1.88. The minimum atomic E-state index is -4.85. The summed E-state index contributed by atoms with van der Waals surface area (Å²) in [5.41, 5.74) is 0. The lowest BCUT2D eigenvalue weighted by molar-refractivity contribution is -0.158. The zero-order chi connectivity index (χ0) is 16.1. The van der Waals surface area contributed by atoms with Crippen LogP contribution in [0, 0.1) is 0 Å². The molecule has 0 aliphatic rings. The van der Waals surface area contributed by atoms with E-state index in [9.17, 15) is 35.9 Å². The SMILES string of the molecule is O=C(CC(F)(F)F)C(O)/C=C/C(O)C(=O)CC(F)(F)F. The number of carbonyl (C=O) groups is 2. The van der Waals surface area contributed by atoms with Crippen LogP contribution in [0.15, 0.2) is 12.2 Å². The van der Waals surface area contributed by atoms with Crippen molar-refractivity contribution in [2.75, 3.05) is 0 Å². The lowest BCUT2D eigenvalue weighted by Crippen LogP contribution is -2.27. The lowest BCUT2D eigenvalue weighted by atomic mass is 10.1. The van der Waals surface area contributed by atoms with Crippen LogP contribution in [0.4, 0.5) is 26.3 Å². The van der Waals surface area contributed by atoms with E-state index in [1.54, 1.807) is 0 Å². The van der Waals surface area contributed by atoms with E-state index < -0.39 is 49.0 Å². The molecule has 0 amide bonds. The zero-order valence-corrected chi connectivity index (χ0v) is 9.70. The molecule has 0 saturated carbocycles. The van der Waals surface area contributed by atoms with Crippen molar-refractivity contribution in [1.82, 2.24) is 0 Å². The Morgan fingerprint density at radius 3 is 1.25 bits per heavy atom. The van der Waals surface area contributed by atoms with Crippen molar-refractivity contribution >= 4 is 11.6 Å². The molecule has 0 aliphatic carbocycles. The highest BCUT2D eigenvalue weighted by Crippen LogP contribution is 2.22. The minimum Gasteiger partial charge on any atom is -0.381 e. The number of rotatable bonds is 6. The van der Waals surface area contributed by atoms with Gasteiger partial charge in [0.1, 0.15) is 25.0 Å². The summed E-state index contributed by atoms with van der Waals surface area (Å²) in [6.45, 7) is 0. The molecule has 0 bridgehead atoms. The molecule has 0 fully saturated rings. The summed E-state index contributed by atoms with van der Waals surface area (Å²) in [6, 6.07) is 0. The van der Waals surface area contributed by atoms with Gasteiger partial charge in [0, 0.05) is 0 Å². The van der Waals surface area contributed by atoms with Crippen molar-refractivity contribution in [1.29, 1.82) is 0 Å². The number of alkyl halides is 6. The summed E-state index contributed by atoms with van der Waals surface area (Å²) in [5.74, 6) is -3.33. The highest BCUT2D eigenvalue weighted by molar-refractivity contribution is 5.87. The van der Waals surface area contributed by atoms with E-state index >= 15 is 0 Å². The molecule has 0 saturated heterocycles. The van der Waals surface area contributed by atoms with Crippen LogP contribution in [-0.4, -0.2) is 46.3 Å². The molecule has 0 aromatic heterocycles. The number of carbonyl (C=O) groups excluding carboxylic acids is 2. The largest absolute Gasteiger partial charge is 0.396 e. The number of hydrogen-bond donors (Lipinski definition) is 2. The third-order valence-corrected chi connectivity index (χ3v) is 1.88. The molecule has 0 aromatic carbocycles. The highest BCUT2D eigenvalue weighted by Gasteiger charge is 2.34.